The molecule has 0 aliphatic carbocycles. The first-order valence-electron chi connectivity index (χ1n) is 6.16. The number of benzene rings is 1. The van der Waals surface area contributed by atoms with E-state index in [9.17, 15) is 4.79 Å². The topological polar surface area (TPSA) is 42.0 Å². The van der Waals surface area contributed by atoms with Gasteiger partial charge in [0.05, 0.1) is 16.6 Å². The molecule has 20 heavy (non-hydrogen) atoms. The Morgan fingerprint density at radius 2 is 2.00 bits per heavy atom. The Kier molecular flexibility index (Phi) is 5.04. The largest absolute Gasteiger partial charge is 0.345 e. The Bertz CT molecular complexity index is 604. The minimum atomic E-state index is -0.171. The molecule has 0 aliphatic rings. The number of carbonyl (C=O) groups excluding carboxylic acids is 1. The Balaban J connectivity index is 2.16. The first-order valence-corrected chi connectivity index (χ1v) is 7.76. The van der Waals surface area contributed by atoms with Gasteiger partial charge in [-0.05, 0) is 49.1 Å². The average Bonchev–Trinajstić information content (AvgIpc) is 2.48. The molecule has 0 bridgehead atoms. The third-order valence-electron chi connectivity index (χ3n) is 2.97. The van der Waals surface area contributed by atoms with Crippen LogP contribution in [0.1, 0.15) is 28.9 Å². The molecule has 0 fully saturated rings. The number of pyridine rings is 1. The quantitative estimate of drug-likeness (QED) is 0.870. The van der Waals surface area contributed by atoms with Crippen LogP contribution >= 0.6 is 23.4 Å². The van der Waals surface area contributed by atoms with Crippen LogP contribution in [0.3, 0.4) is 0 Å². The molecule has 1 N–H and O–H groups in total. The first-order chi connectivity index (χ1) is 9.61. The summed E-state index contributed by atoms with van der Waals surface area (Å²) in [6.45, 7) is 1.93. The van der Waals surface area contributed by atoms with Crippen LogP contribution in [-0.4, -0.2) is 17.1 Å². The van der Waals surface area contributed by atoms with Gasteiger partial charge in [-0.2, -0.15) is 0 Å². The van der Waals surface area contributed by atoms with Gasteiger partial charge in [0, 0.05) is 17.3 Å². The highest BCUT2D eigenvalue weighted by Gasteiger charge is 2.14. The molecule has 2 rings (SSSR count). The average molecular weight is 307 g/mol. The summed E-state index contributed by atoms with van der Waals surface area (Å²) in [6, 6.07) is 9.12. The summed E-state index contributed by atoms with van der Waals surface area (Å²) < 4.78 is 0. The fourth-order valence-corrected chi connectivity index (χ4v) is 2.46. The van der Waals surface area contributed by atoms with E-state index in [-0.39, 0.29) is 11.9 Å². The second-order valence-corrected chi connectivity index (χ2v) is 5.61. The van der Waals surface area contributed by atoms with E-state index in [0.717, 1.165) is 10.5 Å². The van der Waals surface area contributed by atoms with Crippen LogP contribution in [0, 0.1) is 0 Å². The van der Waals surface area contributed by atoms with Crippen LogP contribution in [0.15, 0.2) is 47.6 Å². The van der Waals surface area contributed by atoms with Crippen molar-refractivity contribution in [3.63, 3.8) is 0 Å². The second-order valence-electron chi connectivity index (χ2n) is 4.32. The lowest BCUT2D eigenvalue weighted by molar-refractivity contribution is 0.0940. The minimum absolute atomic E-state index is 0.0977. The molecule has 2 aromatic rings. The van der Waals surface area contributed by atoms with Crippen LogP contribution in [0.25, 0.3) is 0 Å². The zero-order chi connectivity index (χ0) is 14.5. The van der Waals surface area contributed by atoms with Crippen LogP contribution in [-0.2, 0) is 0 Å². The Labute approximate surface area is 127 Å². The van der Waals surface area contributed by atoms with Gasteiger partial charge in [-0.3, -0.25) is 9.78 Å². The molecule has 0 saturated heterocycles. The zero-order valence-electron chi connectivity index (χ0n) is 11.3. The third kappa shape index (κ3) is 3.52. The van der Waals surface area contributed by atoms with Gasteiger partial charge in [0.15, 0.2) is 0 Å². The fraction of sp³-hybridized carbons (Fsp3) is 0.200. The molecule has 0 aliphatic heterocycles. The molecule has 0 spiro atoms. The van der Waals surface area contributed by atoms with Crippen molar-refractivity contribution in [2.45, 2.75) is 17.9 Å². The van der Waals surface area contributed by atoms with Gasteiger partial charge in [-0.1, -0.05) is 11.6 Å². The molecule has 104 valence electrons. The molecule has 0 saturated carbocycles. The normalized spacial score (nSPS) is 11.9. The number of carbonyl (C=O) groups is 1. The Morgan fingerprint density at radius 1 is 1.30 bits per heavy atom. The fourth-order valence-electron chi connectivity index (χ4n) is 1.82. The molecule has 1 amide bonds. The Morgan fingerprint density at radius 3 is 2.65 bits per heavy atom. The predicted molar refractivity (Wildman–Crippen MR) is 83.4 cm³/mol. The van der Waals surface area contributed by atoms with E-state index in [1.54, 1.807) is 30.2 Å². The van der Waals surface area contributed by atoms with E-state index in [0.29, 0.717) is 10.6 Å². The molecule has 1 aromatic carbocycles. The number of rotatable bonds is 4. The lowest BCUT2D eigenvalue weighted by atomic mass is 10.1. The van der Waals surface area contributed by atoms with Crippen molar-refractivity contribution >= 4 is 29.3 Å². The van der Waals surface area contributed by atoms with E-state index < -0.39 is 0 Å². The smallest absolute Gasteiger partial charge is 0.253 e. The standard InChI is InChI=1S/C15H15ClN2OS/c1-10(11-5-7-17-8-6-11)18-15(19)13-9-12(20-2)3-4-14(13)16/h3-10H,1-2H3,(H,18,19). The number of thioether (sulfide) groups is 1. The van der Waals surface area contributed by atoms with Gasteiger partial charge in [-0.25, -0.2) is 0 Å². The molecule has 1 unspecified atom stereocenters. The van der Waals surface area contributed by atoms with Crippen molar-refractivity contribution in [1.82, 2.24) is 10.3 Å². The highest BCUT2D eigenvalue weighted by Crippen LogP contribution is 2.23. The first kappa shape index (κ1) is 14.9. The molecule has 5 heteroatoms. The van der Waals surface area contributed by atoms with Crippen molar-refractivity contribution in [2.24, 2.45) is 0 Å². The number of aromatic nitrogens is 1. The number of hydrogen-bond donors (Lipinski definition) is 1. The number of nitrogens with zero attached hydrogens (tertiary/aromatic N) is 1. The maximum atomic E-state index is 12.3. The highest BCUT2D eigenvalue weighted by atomic mass is 35.5. The lowest BCUT2D eigenvalue weighted by Crippen LogP contribution is -2.26. The van der Waals surface area contributed by atoms with E-state index >= 15 is 0 Å². The molecule has 1 atom stereocenters. The van der Waals surface area contributed by atoms with E-state index in [1.165, 1.54) is 0 Å². The summed E-state index contributed by atoms with van der Waals surface area (Å²) in [4.78, 5) is 17.3. The van der Waals surface area contributed by atoms with E-state index in [1.807, 2.05) is 37.4 Å². The van der Waals surface area contributed by atoms with Gasteiger partial charge in [0.25, 0.3) is 5.91 Å². The molecule has 1 aromatic heterocycles. The van der Waals surface area contributed by atoms with Gasteiger partial charge in [0.1, 0.15) is 0 Å². The molecule has 1 heterocycles. The highest BCUT2D eigenvalue weighted by molar-refractivity contribution is 7.98. The van der Waals surface area contributed by atoms with Crippen molar-refractivity contribution in [2.75, 3.05) is 6.26 Å². The monoisotopic (exact) mass is 306 g/mol. The summed E-state index contributed by atoms with van der Waals surface area (Å²) in [5.74, 6) is -0.171. The number of hydrogen-bond acceptors (Lipinski definition) is 3. The predicted octanol–water partition coefficient (Wildman–Crippen LogP) is 3.95. The summed E-state index contributed by atoms with van der Waals surface area (Å²) in [5, 5.41) is 3.40. The maximum Gasteiger partial charge on any atom is 0.253 e. The van der Waals surface area contributed by atoms with Crippen molar-refractivity contribution in [1.29, 1.82) is 0 Å². The number of halogens is 1. The molecule has 3 nitrogen and oxygen atoms in total. The molecular weight excluding hydrogens is 292 g/mol. The maximum absolute atomic E-state index is 12.3. The van der Waals surface area contributed by atoms with Gasteiger partial charge < -0.3 is 5.32 Å². The van der Waals surface area contributed by atoms with Crippen molar-refractivity contribution in [3.05, 3.63) is 58.9 Å². The van der Waals surface area contributed by atoms with Gasteiger partial charge in [-0.15, -0.1) is 11.8 Å². The minimum Gasteiger partial charge on any atom is -0.345 e. The van der Waals surface area contributed by atoms with Crippen molar-refractivity contribution < 1.29 is 4.79 Å². The summed E-state index contributed by atoms with van der Waals surface area (Å²) in [5.41, 5.74) is 1.50. The summed E-state index contributed by atoms with van der Waals surface area (Å²) in [7, 11) is 0. The number of nitrogens with one attached hydrogen (secondary N) is 1. The van der Waals surface area contributed by atoms with Crippen LogP contribution in [0.5, 0.6) is 0 Å². The third-order valence-corrected chi connectivity index (χ3v) is 4.03. The van der Waals surface area contributed by atoms with Crippen LogP contribution < -0.4 is 5.32 Å². The Hall–Kier alpha value is -1.52. The van der Waals surface area contributed by atoms with Gasteiger partial charge >= 0.3 is 0 Å². The van der Waals surface area contributed by atoms with Gasteiger partial charge in [0.2, 0.25) is 0 Å². The molecule has 0 radical (unpaired) electrons. The van der Waals surface area contributed by atoms with E-state index in [4.69, 9.17) is 11.6 Å². The van der Waals surface area contributed by atoms with Crippen molar-refractivity contribution in [3.8, 4) is 0 Å². The number of amides is 1. The van der Waals surface area contributed by atoms with E-state index in [2.05, 4.69) is 10.3 Å². The lowest BCUT2D eigenvalue weighted by Gasteiger charge is -2.15. The summed E-state index contributed by atoms with van der Waals surface area (Å²) >= 11 is 7.67. The van der Waals surface area contributed by atoms with Crippen LogP contribution in [0.4, 0.5) is 0 Å². The van der Waals surface area contributed by atoms with Crippen LogP contribution in [0.2, 0.25) is 5.02 Å². The second kappa shape index (κ2) is 6.77. The SMILES string of the molecule is CSc1ccc(Cl)c(C(=O)NC(C)c2ccncc2)c1. The zero-order valence-corrected chi connectivity index (χ0v) is 12.8. The molecular formula is C15H15ClN2OS. The summed E-state index contributed by atoms with van der Waals surface area (Å²) in [6.07, 6.45) is 5.38.